The van der Waals surface area contributed by atoms with E-state index in [-0.39, 0.29) is 11.3 Å². The van der Waals surface area contributed by atoms with Crippen LogP contribution in [0.25, 0.3) is 5.76 Å². The topological polar surface area (TPSA) is 93.9 Å². The van der Waals surface area contributed by atoms with Crippen molar-refractivity contribution in [1.82, 2.24) is 14.5 Å². The monoisotopic (exact) mass is 447 g/mol. The standard InChI is InChI=1S/C25H25N3O5/c1-32-18-9-10-19(20(15-18)33-2)22-21(23(29)17-7-4-3-5-8-17)24(30)25(31)28(22)13-6-12-27-14-11-26-16-27/h3-5,7-11,14-16,22,29H,6,12-13H2,1-2H3/t22-/m1/s1. The molecule has 1 aliphatic rings. The van der Waals surface area contributed by atoms with Crippen LogP contribution in [0.5, 0.6) is 11.5 Å². The molecule has 2 aromatic carbocycles. The van der Waals surface area contributed by atoms with Crippen LogP contribution in [-0.4, -0.2) is 52.0 Å². The maximum absolute atomic E-state index is 13.1. The minimum Gasteiger partial charge on any atom is -0.507 e. The number of ether oxygens (including phenoxy) is 2. The normalized spacial score (nSPS) is 17.4. The van der Waals surface area contributed by atoms with Crippen LogP contribution in [-0.2, 0) is 16.1 Å². The first-order chi connectivity index (χ1) is 16.0. The first-order valence-electron chi connectivity index (χ1n) is 10.6. The Kier molecular flexibility index (Phi) is 6.44. The summed E-state index contributed by atoms with van der Waals surface area (Å²) in [5.74, 6) is -0.549. The molecule has 0 radical (unpaired) electrons. The lowest BCUT2D eigenvalue weighted by atomic mass is 9.94. The highest BCUT2D eigenvalue weighted by atomic mass is 16.5. The zero-order valence-electron chi connectivity index (χ0n) is 18.5. The molecule has 3 aromatic rings. The molecule has 1 atom stereocenters. The number of benzene rings is 2. The van der Waals surface area contributed by atoms with E-state index in [1.165, 1.54) is 12.0 Å². The molecular weight excluding hydrogens is 422 g/mol. The number of amides is 1. The molecule has 0 bridgehead atoms. The van der Waals surface area contributed by atoms with Gasteiger partial charge in [-0.15, -0.1) is 0 Å². The number of rotatable bonds is 8. The van der Waals surface area contributed by atoms with E-state index in [1.807, 2.05) is 16.8 Å². The van der Waals surface area contributed by atoms with E-state index in [4.69, 9.17) is 9.47 Å². The number of carbonyl (C=O) groups excluding carboxylic acids is 2. The van der Waals surface area contributed by atoms with Gasteiger partial charge < -0.3 is 24.0 Å². The Morgan fingerprint density at radius 2 is 1.85 bits per heavy atom. The number of aliphatic hydroxyl groups excluding tert-OH is 1. The quantitative estimate of drug-likeness (QED) is 0.323. The van der Waals surface area contributed by atoms with E-state index < -0.39 is 17.7 Å². The Bertz CT molecular complexity index is 1170. The van der Waals surface area contributed by atoms with Crippen molar-refractivity contribution in [1.29, 1.82) is 0 Å². The molecule has 1 N–H and O–H groups in total. The second kappa shape index (κ2) is 9.60. The van der Waals surface area contributed by atoms with Gasteiger partial charge in [0.15, 0.2) is 0 Å². The Labute approximate surface area is 191 Å². The molecule has 0 spiro atoms. The van der Waals surface area contributed by atoms with Gasteiger partial charge in [0.1, 0.15) is 17.3 Å². The largest absolute Gasteiger partial charge is 0.507 e. The molecule has 0 unspecified atom stereocenters. The summed E-state index contributed by atoms with van der Waals surface area (Å²) in [5, 5.41) is 11.1. The lowest BCUT2D eigenvalue weighted by molar-refractivity contribution is -0.140. The Hall–Kier alpha value is -4.07. The average molecular weight is 447 g/mol. The lowest BCUT2D eigenvalue weighted by Gasteiger charge is -2.27. The molecule has 8 nitrogen and oxygen atoms in total. The molecule has 8 heteroatoms. The van der Waals surface area contributed by atoms with Gasteiger partial charge in [-0.25, -0.2) is 4.98 Å². The molecule has 1 fully saturated rings. The molecule has 1 aromatic heterocycles. The maximum atomic E-state index is 13.1. The van der Waals surface area contributed by atoms with Gasteiger partial charge >= 0.3 is 0 Å². The number of likely N-dealkylation sites (tertiary alicyclic amines) is 1. The average Bonchev–Trinajstić information content (AvgIpc) is 3.46. The molecule has 2 heterocycles. The molecule has 0 aliphatic carbocycles. The lowest BCUT2D eigenvalue weighted by Crippen LogP contribution is -2.31. The summed E-state index contributed by atoms with van der Waals surface area (Å²) >= 11 is 0. The van der Waals surface area contributed by atoms with Crippen LogP contribution in [0.15, 0.2) is 72.8 Å². The third-order valence-electron chi connectivity index (χ3n) is 5.70. The molecule has 1 amide bonds. The maximum Gasteiger partial charge on any atom is 0.295 e. The smallest absolute Gasteiger partial charge is 0.295 e. The van der Waals surface area contributed by atoms with E-state index in [0.29, 0.717) is 42.1 Å². The highest BCUT2D eigenvalue weighted by molar-refractivity contribution is 6.46. The zero-order chi connectivity index (χ0) is 23.4. The molecular formula is C25H25N3O5. The van der Waals surface area contributed by atoms with Crippen molar-refractivity contribution in [2.24, 2.45) is 0 Å². The van der Waals surface area contributed by atoms with Crippen molar-refractivity contribution in [2.45, 2.75) is 19.0 Å². The van der Waals surface area contributed by atoms with E-state index in [0.717, 1.165) is 0 Å². The van der Waals surface area contributed by atoms with Gasteiger partial charge in [-0.1, -0.05) is 30.3 Å². The van der Waals surface area contributed by atoms with Crippen molar-refractivity contribution < 1.29 is 24.2 Å². The number of hydrogen-bond acceptors (Lipinski definition) is 6. The molecule has 33 heavy (non-hydrogen) atoms. The van der Waals surface area contributed by atoms with Gasteiger partial charge in [0.05, 0.1) is 32.2 Å². The number of Topliss-reactive ketones (excluding diaryl/α,β-unsaturated/α-hetero) is 1. The predicted octanol–water partition coefficient (Wildman–Crippen LogP) is 3.41. The minimum atomic E-state index is -0.797. The van der Waals surface area contributed by atoms with Gasteiger partial charge in [0.2, 0.25) is 0 Å². The third-order valence-corrected chi connectivity index (χ3v) is 5.70. The number of ketones is 1. The van der Waals surface area contributed by atoms with Crippen molar-refractivity contribution in [2.75, 3.05) is 20.8 Å². The van der Waals surface area contributed by atoms with E-state index in [2.05, 4.69) is 4.98 Å². The summed E-state index contributed by atoms with van der Waals surface area (Å²) < 4.78 is 12.8. The number of methoxy groups -OCH3 is 2. The summed E-state index contributed by atoms with van der Waals surface area (Å²) in [7, 11) is 3.06. The van der Waals surface area contributed by atoms with Gasteiger partial charge in [-0.05, 0) is 18.6 Å². The number of aliphatic hydroxyl groups is 1. The highest BCUT2D eigenvalue weighted by Gasteiger charge is 2.46. The number of aromatic nitrogens is 2. The second-order valence-corrected chi connectivity index (χ2v) is 7.62. The fraction of sp³-hybridized carbons (Fsp3) is 0.240. The Morgan fingerprint density at radius 1 is 1.06 bits per heavy atom. The summed E-state index contributed by atoms with van der Waals surface area (Å²) in [6.07, 6.45) is 5.83. The highest BCUT2D eigenvalue weighted by Crippen LogP contribution is 2.43. The van der Waals surface area contributed by atoms with Crippen LogP contribution in [0.3, 0.4) is 0 Å². The van der Waals surface area contributed by atoms with Gasteiger partial charge in [0, 0.05) is 42.7 Å². The molecule has 1 aliphatic heterocycles. The Morgan fingerprint density at radius 3 is 2.52 bits per heavy atom. The SMILES string of the molecule is COc1ccc([C@@H]2C(=C(O)c3ccccc3)C(=O)C(=O)N2CCCn2ccnc2)c(OC)c1. The fourth-order valence-corrected chi connectivity index (χ4v) is 4.07. The number of aryl methyl sites for hydroxylation is 1. The van der Waals surface area contributed by atoms with E-state index in [9.17, 15) is 14.7 Å². The van der Waals surface area contributed by atoms with Crippen molar-refractivity contribution in [3.05, 3.63) is 84.0 Å². The third kappa shape index (κ3) is 4.32. The van der Waals surface area contributed by atoms with Crippen LogP contribution < -0.4 is 9.47 Å². The van der Waals surface area contributed by atoms with E-state index in [1.54, 1.807) is 62.1 Å². The van der Waals surface area contributed by atoms with Gasteiger partial charge in [0.25, 0.3) is 11.7 Å². The fourth-order valence-electron chi connectivity index (χ4n) is 4.07. The van der Waals surface area contributed by atoms with E-state index >= 15 is 0 Å². The first-order valence-corrected chi connectivity index (χ1v) is 10.6. The van der Waals surface area contributed by atoms with Crippen LogP contribution >= 0.6 is 0 Å². The van der Waals surface area contributed by atoms with Crippen molar-refractivity contribution in [3.8, 4) is 11.5 Å². The molecule has 1 saturated heterocycles. The molecule has 4 rings (SSSR count). The van der Waals surface area contributed by atoms with Crippen LogP contribution in [0, 0.1) is 0 Å². The summed E-state index contributed by atoms with van der Waals surface area (Å²) in [4.78, 5) is 31.8. The summed E-state index contributed by atoms with van der Waals surface area (Å²) in [5.41, 5.74) is 1.10. The van der Waals surface area contributed by atoms with Gasteiger partial charge in [-0.2, -0.15) is 0 Å². The number of imidazole rings is 1. The van der Waals surface area contributed by atoms with Crippen LogP contribution in [0.4, 0.5) is 0 Å². The molecule has 0 saturated carbocycles. The van der Waals surface area contributed by atoms with Crippen molar-refractivity contribution in [3.63, 3.8) is 0 Å². The summed E-state index contributed by atoms with van der Waals surface area (Å²) in [6, 6.07) is 13.1. The van der Waals surface area contributed by atoms with Crippen LogP contribution in [0.2, 0.25) is 0 Å². The number of hydrogen-bond donors (Lipinski definition) is 1. The summed E-state index contributed by atoms with van der Waals surface area (Å²) in [6.45, 7) is 0.947. The zero-order valence-corrected chi connectivity index (χ0v) is 18.5. The van der Waals surface area contributed by atoms with Crippen molar-refractivity contribution >= 4 is 17.4 Å². The van der Waals surface area contributed by atoms with Crippen LogP contribution in [0.1, 0.15) is 23.6 Å². The van der Waals surface area contributed by atoms with Gasteiger partial charge in [-0.3, -0.25) is 9.59 Å². The second-order valence-electron chi connectivity index (χ2n) is 7.62. The predicted molar refractivity (Wildman–Crippen MR) is 122 cm³/mol. The first kappa shape index (κ1) is 22.1. The number of carbonyl (C=O) groups is 2. The molecule has 170 valence electrons. The number of nitrogens with zero attached hydrogens (tertiary/aromatic N) is 3. The Balaban J connectivity index is 1.78. The minimum absolute atomic E-state index is 0.0392.